The maximum absolute atomic E-state index is 11.6. The molecule has 0 aliphatic heterocycles. The molecule has 0 N–H and O–H groups in total. The number of esters is 2. The van der Waals surface area contributed by atoms with Gasteiger partial charge in [-0.25, -0.2) is 0 Å². The Morgan fingerprint density at radius 2 is 1.35 bits per heavy atom. The summed E-state index contributed by atoms with van der Waals surface area (Å²) >= 11 is 0. The van der Waals surface area contributed by atoms with Crippen LogP contribution in [0.3, 0.4) is 0 Å². The van der Waals surface area contributed by atoms with Crippen LogP contribution >= 0.6 is 0 Å². The summed E-state index contributed by atoms with van der Waals surface area (Å²) in [5, 5.41) is 0. The average molecular weight is 286 g/mol. The topological polar surface area (TPSA) is 52.6 Å². The van der Waals surface area contributed by atoms with Crippen LogP contribution in [0.15, 0.2) is 0 Å². The quantitative estimate of drug-likeness (QED) is 0.606. The first-order valence-electron chi connectivity index (χ1n) is 7.61. The van der Waals surface area contributed by atoms with Crippen LogP contribution in [0.2, 0.25) is 0 Å². The lowest BCUT2D eigenvalue weighted by molar-refractivity contribution is -0.151. The van der Waals surface area contributed by atoms with E-state index < -0.39 is 0 Å². The number of rotatable bonds is 9. The highest BCUT2D eigenvalue weighted by molar-refractivity contribution is 5.72. The van der Waals surface area contributed by atoms with Gasteiger partial charge >= 0.3 is 11.9 Å². The lowest BCUT2D eigenvalue weighted by Gasteiger charge is -2.17. The van der Waals surface area contributed by atoms with E-state index in [0.717, 1.165) is 6.42 Å². The van der Waals surface area contributed by atoms with Gasteiger partial charge in [0.25, 0.3) is 0 Å². The van der Waals surface area contributed by atoms with Crippen LogP contribution in [0, 0.1) is 11.8 Å². The molecule has 0 bridgehead atoms. The molecule has 2 atom stereocenters. The second-order valence-electron chi connectivity index (χ2n) is 6.22. The minimum absolute atomic E-state index is 0.0598. The van der Waals surface area contributed by atoms with Crippen LogP contribution in [0.25, 0.3) is 0 Å². The van der Waals surface area contributed by atoms with Crippen molar-refractivity contribution in [3.8, 4) is 0 Å². The monoisotopic (exact) mass is 286 g/mol. The van der Waals surface area contributed by atoms with Crippen molar-refractivity contribution in [2.75, 3.05) is 0 Å². The maximum atomic E-state index is 11.6. The molecule has 0 fully saturated rings. The van der Waals surface area contributed by atoms with Gasteiger partial charge in [-0.2, -0.15) is 0 Å². The van der Waals surface area contributed by atoms with Crippen molar-refractivity contribution in [3.63, 3.8) is 0 Å². The molecule has 0 heterocycles. The standard InChI is InChI=1S/C16H30O4/c1-11(2)10-13(5)19-15(17)8-7-9-16(18)20-14(6)12(3)4/h11-14H,7-10H2,1-6H3. The Kier molecular flexibility index (Phi) is 9.26. The Bertz CT molecular complexity index is 297. The Morgan fingerprint density at radius 1 is 0.850 bits per heavy atom. The molecule has 0 aliphatic rings. The number of carbonyl (C=O) groups is 2. The molecular formula is C16H30O4. The van der Waals surface area contributed by atoms with Gasteiger partial charge in [0.2, 0.25) is 0 Å². The normalized spacial score (nSPS) is 14.2. The van der Waals surface area contributed by atoms with Crippen molar-refractivity contribution in [2.45, 2.75) is 79.4 Å². The van der Waals surface area contributed by atoms with Gasteiger partial charge in [0.15, 0.2) is 0 Å². The van der Waals surface area contributed by atoms with Crippen LogP contribution in [0.4, 0.5) is 0 Å². The Hall–Kier alpha value is -1.06. The van der Waals surface area contributed by atoms with E-state index in [9.17, 15) is 9.59 Å². The van der Waals surface area contributed by atoms with Crippen LogP contribution in [0.5, 0.6) is 0 Å². The SMILES string of the molecule is CC(C)CC(C)OC(=O)CCCC(=O)OC(C)C(C)C. The van der Waals surface area contributed by atoms with Crippen LogP contribution in [-0.4, -0.2) is 24.1 Å². The van der Waals surface area contributed by atoms with Crippen molar-refractivity contribution < 1.29 is 19.1 Å². The van der Waals surface area contributed by atoms with Crippen molar-refractivity contribution >= 4 is 11.9 Å². The molecule has 4 nitrogen and oxygen atoms in total. The third-order valence-corrected chi connectivity index (χ3v) is 3.15. The minimum Gasteiger partial charge on any atom is -0.463 e. The molecule has 0 radical (unpaired) electrons. The molecule has 0 aromatic carbocycles. The molecule has 0 saturated carbocycles. The minimum atomic E-state index is -0.241. The zero-order valence-electron chi connectivity index (χ0n) is 13.8. The third kappa shape index (κ3) is 9.82. The fraction of sp³-hybridized carbons (Fsp3) is 0.875. The van der Waals surface area contributed by atoms with E-state index in [1.54, 1.807) is 0 Å². The molecule has 4 heteroatoms. The molecule has 0 saturated heterocycles. The summed E-state index contributed by atoms with van der Waals surface area (Å²) < 4.78 is 10.5. The smallest absolute Gasteiger partial charge is 0.306 e. The van der Waals surface area contributed by atoms with Crippen LogP contribution in [0.1, 0.15) is 67.2 Å². The van der Waals surface area contributed by atoms with Crippen LogP contribution < -0.4 is 0 Å². The maximum Gasteiger partial charge on any atom is 0.306 e. The summed E-state index contributed by atoms with van der Waals surface area (Å²) in [6, 6.07) is 0. The van der Waals surface area contributed by atoms with Gasteiger partial charge in [-0.3, -0.25) is 9.59 Å². The van der Waals surface area contributed by atoms with E-state index in [1.165, 1.54) is 0 Å². The fourth-order valence-electron chi connectivity index (χ4n) is 1.77. The molecule has 0 aromatic rings. The van der Waals surface area contributed by atoms with Gasteiger partial charge < -0.3 is 9.47 Å². The van der Waals surface area contributed by atoms with Crippen molar-refractivity contribution in [1.29, 1.82) is 0 Å². The van der Waals surface area contributed by atoms with Crippen molar-refractivity contribution in [3.05, 3.63) is 0 Å². The van der Waals surface area contributed by atoms with E-state index in [0.29, 0.717) is 18.3 Å². The van der Waals surface area contributed by atoms with Gasteiger partial charge in [-0.05, 0) is 38.5 Å². The number of hydrogen-bond donors (Lipinski definition) is 0. The Morgan fingerprint density at radius 3 is 1.80 bits per heavy atom. The highest BCUT2D eigenvalue weighted by Gasteiger charge is 2.15. The van der Waals surface area contributed by atoms with E-state index in [1.807, 2.05) is 27.7 Å². The molecular weight excluding hydrogens is 256 g/mol. The number of ether oxygens (including phenoxy) is 2. The second-order valence-corrected chi connectivity index (χ2v) is 6.22. The molecule has 0 spiro atoms. The first-order valence-corrected chi connectivity index (χ1v) is 7.61. The largest absolute Gasteiger partial charge is 0.463 e. The second kappa shape index (κ2) is 9.78. The van der Waals surface area contributed by atoms with Crippen molar-refractivity contribution in [1.82, 2.24) is 0 Å². The number of hydrogen-bond acceptors (Lipinski definition) is 4. The summed E-state index contributed by atoms with van der Waals surface area (Å²) in [5.74, 6) is 0.336. The predicted molar refractivity (Wildman–Crippen MR) is 79.3 cm³/mol. The van der Waals surface area contributed by atoms with Gasteiger partial charge in [0.05, 0.1) is 6.10 Å². The molecule has 20 heavy (non-hydrogen) atoms. The van der Waals surface area contributed by atoms with Gasteiger partial charge in [-0.1, -0.05) is 27.7 Å². The summed E-state index contributed by atoms with van der Waals surface area (Å²) in [6.07, 6.45) is 1.74. The summed E-state index contributed by atoms with van der Waals surface area (Å²) in [6.45, 7) is 12.0. The lowest BCUT2D eigenvalue weighted by atomic mass is 10.1. The molecule has 0 amide bonds. The highest BCUT2D eigenvalue weighted by Crippen LogP contribution is 2.11. The summed E-state index contributed by atoms with van der Waals surface area (Å²) in [4.78, 5) is 23.1. The third-order valence-electron chi connectivity index (χ3n) is 3.15. The highest BCUT2D eigenvalue weighted by atomic mass is 16.5. The van der Waals surface area contributed by atoms with E-state index in [2.05, 4.69) is 13.8 Å². The molecule has 0 rings (SSSR count). The molecule has 118 valence electrons. The first-order chi connectivity index (χ1) is 9.22. The van der Waals surface area contributed by atoms with E-state index >= 15 is 0 Å². The predicted octanol–water partition coefficient (Wildman–Crippen LogP) is 3.72. The summed E-state index contributed by atoms with van der Waals surface area (Å²) in [7, 11) is 0. The molecule has 2 unspecified atom stereocenters. The van der Waals surface area contributed by atoms with Gasteiger partial charge in [0.1, 0.15) is 6.10 Å². The zero-order valence-corrected chi connectivity index (χ0v) is 13.8. The summed E-state index contributed by atoms with van der Waals surface area (Å²) in [5.41, 5.74) is 0. The van der Waals surface area contributed by atoms with Crippen molar-refractivity contribution in [2.24, 2.45) is 11.8 Å². The first kappa shape index (κ1) is 18.9. The Balaban J connectivity index is 3.78. The van der Waals surface area contributed by atoms with E-state index in [-0.39, 0.29) is 37.0 Å². The Labute approximate surface area is 123 Å². The van der Waals surface area contributed by atoms with Crippen LogP contribution in [-0.2, 0) is 19.1 Å². The molecule has 0 aliphatic carbocycles. The molecule has 0 aromatic heterocycles. The lowest BCUT2D eigenvalue weighted by Crippen LogP contribution is -2.20. The van der Waals surface area contributed by atoms with E-state index in [4.69, 9.17) is 9.47 Å². The number of carbonyl (C=O) groups excluding carboxylic acids is 2. The van der Waals surface area contributed by atoms with Gasteiger partial charge in [-0.15, -0.1) is 0 Å². The average Bonchev–Trinajstić information content (AvgIpc) is 2.26. The zero-order chi connectivity index (χ0) is 15.7. The van der Waals surface area contributed by atoms with Gasteiger partial charge in [0, 0.05) is 12.8 Å². The fourth-order valence-corrected chi connectivity index (χ4v) is 1.77.